The summed E-state index contributed by atoms with van der Waals surface area (Å²) in [6.45, 7) is 16.7. The molecule has 0 saturated heterocycles. The van der Waals surface area contributed by atoms with Gasteiger partial charge in [-0.3, -0.25) is 4.99 Å². The van der Waals surface area contributed by atoms with Crippen molar-refractivity contribution in [2.24, 2.45) is 10.7 Å². The molecule has 54 heavy (non-hydrogen) atoms. The zero-order valence-corrected chi connectivity index (χ0v) is 32.3. The average Bonchev–Trinajstić information content (AvgIpc) is 3.79. The van der Waals surface area contributed by atoms with Gasteiger partial charge in [0.1, 0.15) is 5.84 Å². The van der Waals surface area contributed by atoms with Gasteiger partial charge in [0, 0.05) is 20.7 Å². The van der Waals surface area contributed by atoms with E-state index in [2.05, 4.69) is 168 Å². The first-order valence-corrected chi connectivity index (χ1v) is 19.3. The minimum atomic E-state index is -0.487. The van der Waals surface area contributed by atoms with Crippen molar-refractivity contribution >= 4 is 27.3 Å². The van der Waals surface area contributed by atoms with E-state index in [1.165, 1.54) is 70.6 Å². The van der Waals surface area contributed by atoms with Crippen LogP contribution in [-0.2, 0) is 5.41 Å². The van der Waals surface area contributed by atoms with Crippen molar-refractivity contribution in [1.29, 1.82) is 0 Å². The Labute approximate surface area is 324 Å². The molecule has 5 aromatic carbocycles. The zero-order valence-electron chi connectivity index (χ0n) is 31.5. The molecule has 1 atom stereocenters. The van der Waals surface area contributed by atoms with Gasteiger partial charge in [-0.1, -0.05) is 177 Å². The molecular formula is C51H46N2S. The number of nitrogens with zero attached hydrogens (tertiary/aromatic N) is 1. The van der Waals surface area contributed by atoms with Crippen molar-refractivity contribution < 1.29 is 0 Å². The van der Waals surface area contributed by atoms with E-state index in [1.54, 1.807) is 0 Å². The largest absolute Gasteiger partial charge is 0.383 e. The summed E-state index contributed by atoms with van der Waals surface area (Å²) >= 11 is 1.85. The highest BCUT2D eigenvalue weighted by Gasteiger charge is 2.53. The highest BCUT2D eigenvalue weighted by Crippen LogP contribution is 2.65. The molecule has 8 rings (SSSR count). The Morgan fingerprint density at radius 2 is 1.30 bits per heavy atom. The van der Waals surface area contributed by atoms with Crippen molar-refractivity contribution in [2.75, 3.05) is 0 Å². The predicted octanol–water partition coefficient (Wildman–Crippen LogP) is 13.4. The quantitative estimate of drug-likeness (QED) is 0.0950. The van der Waals surface area contributed by atoms with Gasteiger partial charge in [0.15, 0.2) is 0 Å². The van der Waals surface area contributed by atoms with Crippen LogP contribution >= 0.6 is 11.3 Å². The van der Waals surface area contributed by atoms with Gasteiger partial charge in [-0.15, -0.1) is 11.3 Å². The molecule has 1 unspecified atom stereocenters. The van der Waals surface area contributed by atoms with Gasteiger partial charge in [-0.05, 0) is 89.3 Å². The Morgan fingerprint density at radius 3 is 1.94 bits per heavy atom. The van der Waals surface area contributed by atoms with Crippen molar-refractivity contribution in [2.45, 2.75) is 39.2 Å². The third-order valence-corrected chi connectivity index (χ3v) is 11.8. The van der Waals surface area contributed by atoms with Gasteiger partial charge in [0.05, 0.1) is 11.5 Å². The smallest absolute Gasteiger partial charge is 0.126 e. The molecule has 6 aromatic rings. The number of nitrogens with two attached hydrogens (primary N) is 1. The predicted molar refractivity (Wildman–Crippen MR) is 234 cm³/mol. The second-order valence-electron chi connectivity index (χ2n) is 13.9. The fourth-order valence-electron chi connectivity index (χ4n) is 8.09. The summed E-state index contributed by atoms with van der Waals surface area (Å²) in [5.41, 5.74) is 21.3. The molecule has 1 heterocycles. The van der Waals surface area contributed by atoms with E-state index in [0.717, 1.165) is 11.1 Å². The minimum Gasteiger partial charge on any atom is -0.383 e. The van der Waals surface area contributed by atoms with Crippen LogP contribution in [0.25, 0.3) is 31.7 Å². The molecule has 0 bridgehead atoms. The topological polar surface area (TPSA) is 38.4 Å². The van der Waals surface area contributed by atoms with Gasteiger partial charge in [0.2, 0.25) is 0 Å². The highest BCUT2D eigenvalue weighted by molar-refractivity contribution is 7.22. The van der Waals surface area contributed by atoms with E-state index < -0.39 is 5.41 Å². The van der Waals surface area contributed by atoms with E-state index in [4.69, 9.17) is 10.7 Å². The van der Waals surface area contributed by atoms with E-state index >= 15 is 0 Å². The third-order valence-electron chi connectivity index (χ3n) is 10.7. The fraction of sp³-hybridized carbons (Fsp3) is 0.118. The number of amidine groups is 1. The number of thiophene rings is 1. The molecule has 1 aromatic heterocycles. The van der Waals surface area contributed by atoms with E-state index in [-0.39, 0.29) is 6.04 Å². The summed E-state index contributed by atoms with van der Waals surface area (Å²) in [6.07, 6.45) is 12.3. The molecule has 2 nitrogen and oxygen atoms in total. The molecular weight excluding hydrogens is 673 g/mol. The number of hydrogen-bond acceptors (Lipinski definition) is 2. The van der Waals surface area contributed by atoms with Gasteiger partial charge >= 0.3 is 0 Å². The van der Waals surface area contributed by atoms with Gasteiger partial charge < -0.3 is 5.73 Å². The van der Waals surface area contributed by atoms with Crippen LogP contribution in [0.3, 0.4) is 0 Å². The number of benzene rings is 5. The number of allylic oxidation sites excluding steroid dienone is 10. The fourth-order valence-corrected chi connectivity index (χ4v) is 9.42. The first kappa shape index (κ1) is 36.3. The lowest BCUT2D eigenvalue weighted by molar-refractivity contribution is 0.785. The summed E-state index contributed by atoms with van der Waals surface area (Å²) in [6, 6.07) is 44.6. The van der Waals surface area contributed by atoms with Crippen molar-refractivity contribution in [3.05, 3.63) is 227 Å². The van der Waals surface area contributed by atoms with Crippen LogP contribution in [0.4, 0.5) is 0 Å². The lowest BCUT2D eigenvalue weighted by Crippen LogP contribution is -2.28. The summed E-state index contributed by atoms with van der Waals surface area (Å²) in [4.78, 5) is 6.29. The minimum absolute atomic E-state index is 0.0581. The lowest BCUT2D eigenvalue weighted by atomic mass is 9.68. The molecule has 2 aliphatic carbocycles. The molecule has 0 saturated carbocycles. The van der Waals surface area contributed by atoms with Gasteiger partial charge in [0.25, 0.3) is 0 Å². The van der Waals surface area contributed by atoms with E-state index in [9.17, 15) is 0 Å². The normalized spacial score (nSPS) is 15.1. The van der Waals surface area contributed by atoms with Crippen molar-refractivity contribution in [3.63, 3.8) is 0 Å². The standard InChI is InChI=1S/C38H34N2S.C13H12/c1-6-8-20-30-24(3)25(4)31(21-9-7-2)38(30)32-22-15-19-29(37(39)40-26(5)27-16-11-10-12-17-27)34(32)36-35(38)28-18-13-14-23-33(28)41-36;1-11-6-5-9-13(10-11)12-7-3-2-4-8-12/h6-23,26H,1-2H2,3-5H3,(H2,39,40);2-10H,1H3/b20-8-,21-9-;. The Hall–Kier alpha value is -6.03. The molecule has 0 fully saturated rings. The summed E-state index contributed by atoms with van der Waals surface area (Å²) < 4.78 is 1.27. The second kappa shape index (κ2) is 15.5. The first-order valence-electron chi connectivity index (χ1n) is 18.5. The maximum absolute atomic E-state index is 6.91. The van der Waals surface area contributed by atoms with E-state index in [0.29, 0.717) is 5.84 Å². The summed E-state index contributed by atoms with van der Waals surface area (Å²) in [5.74, 6) is 0.560. The summed E-state index contributed by atoms with van der Waals surface area (Å²) in [5, 5.41) is 1.28. The van der Waals surface area contributed by atoms with Crippen LogP contribution in [0.5, 0.6) is 0 Å². The monoisotopic (exact) mass is 718 g/mol. The SMILES string of the molecule is C=C/C=C\C1=C(C)C(C)=C(/C=C\C=C)C12c1cccc(C(N)=NC(C)c3ccccc3)c1-c1sc3ccccc3c12.Cc1cccc(-c2ccccc2)c1. The Morgan fingerprint density at radius 1 is 0.704 bits per heavy atom. The second-order valence-corrected chi connectivity index (χ2v) is 14.9. The number of aliphatic imine (C=N–C) groups is 1. The first-order chi connectivity index (χ1) is 26.3. The zero-order chi connectivity index (χ0) is 37.8. The Bertz CT molecular complexity index is 2480. The molecule has 0 amide bonds. The Balaban J connectivity index is 0.000000291. The van der Waals surface area contributed by atoms with Crippen LogP contribution in [0, 0.1) is 6.92 Å². The lowest BCUT2D eigenvalue weighted by Gasteiger charge is -2.33. The highest BCUT2D eigenvalue weighted by atomic mass is 32.1. The van der Waals surface area contributed by atoms with Crippen LogP contribution < -0.4 is 5.73 Å². The molecule has 1 spiro atoms. The molecule has 266 valence electrons. The van der Waals surface area contributed by atoms with Crippen molar-refractivity contribution in [3.8, 4) is 21.6 Å². The van der Waals surface area contributed by atoms with Gasteiger partial charge in [-0.2, -0.15) is 0 Å². The molecule has 0 radical (unpaired) electrons. The van der Waals surface area contributed by atoms with E-state index in [1.807, 2.05) is 47.8 Å². The van der Waals surface area contributed by atoms with Crippen LogP contribution in [0.15, 0.2) is 204 Å². The van der Waals surface area contributed by atoms with Crippen LogP contribution in [0.1, 0.15) is 54.6 Å². The third kappa shape index (κ3) is 6.35. The van der Waals surface area contributed by atoms with Crippen LogP contribution in [0.2, 0.25) is 0 Å². The average molecular weight is 719 g/mol. The molecule has 2 aliphatic rings. The summed E-state index contributed by atoms with van der Waals surface area (Å²) in [7, 11) is 0. The Kier molecular flexibility index (Phi) is 10.4. The van der Waals surface area contributed by atoms with Crippen molar-refractivity contribution in [1.82, 2.24) is 0 Å². The van der Waals surface area contributed by atoms with Crippen LogP contribution in [-0.4, -0.2) is 5.84 Å². The number of hydrogen-bond donors (Lipinski definition) is 1. The maximum atomic E-state index is 6.91. The number of aryl methyl sites for hydroxylation is 1. The molecule has 3 heteroatoms. The van der Waals surface area contributed by atoms with Gasteiger partial charge in [-0.25, -0.2) is 0 Å². The number of rotatable bonds is 8. The number of fused-ring (bicyclic) bond motifs is 7. The molecule has 0 aliphatic heterocycles. The molecule has 2 N–H and O–H groups in total. The maximum Gasteiger partial charge on any atom is 0.126 e.